The molecule has 2 fully saturated rings. The minimum absolute atomic E-state index is 0.171. The van der Waals surface area contributed by atoms with Crippen molar-refractivity contribution in [3.63, 3.8) is 0 Å². The summed E-state index contributed by atoms with van der Waals surface area (Å²) in [6, 6.07) is 4.82. The van der Waals surface area contributed by atoms with Crippen LogP contribution in [-0.4, -0.2) is 18.0 Å². The van der Waals surface area contributed by atoms with Crippen molar-refractivity contribution in [2.45, 2.75) is 37.9 Å². The SMILES string of the molecule is O=C(NCc1ccc(Cl)s1)C1CC2CCC1N2. The van der Waals surface area contributed by atoms with Crippen molar-refractivity contribution in [3.05, 3.63) is 21.3 Å². The Hall–Kier alpha value is -0.580. The van der Waals surface area contributed by atoms with Crippen molar-refractivity contribution in [1.29, 1.82) is 0 Å². The van der Waals surface area contributed by atoms with Crippen LogP contribution in [0.1, 0.15) is 24.1 Å². The molecule has 0 aromatic carbocycles. The highest BCUT2D eigenvalue weighted by Gasteiger charge is 2.42. The Morgan fingerprint density at radius 2 is 2.41 bits per heavy atom. The molecule has 0 aliphatic carbocycles. The second-order valence-corrected chi connectivity index (χ2v) is 6.61. The minimum atomic E-state index is 0.171. The first-order valence-electron chi connectivity index (χ1n) is 6.00. The number of fused-ring (bicyclic) bond motifs is 2. The number of hydrogen-bond acceptors (Lipinski definition) is 3. The van der Waals surface area contributed by atoms with Gasteiger partial charge in [0.05, 0.1) is 16.8 Å². The second kappa shape index (κ2) is 4.59. The summed E-state index contributed by atoms with van der Waals surface area (Å²) < 4.78 is 0.774. The van der Waals surface area contributed by atoms with Crippen LogP contribution in [0.3, 0.4) is 0 Å². The van der Waals surface area contributed by atoms with Gasteiger partial charge in [-0.2, -0.15) is 0 Å². The van der Waals surface area contributed by atoms with Gasteiger partial charge in [0.25, 0.3) is 0 Å². The quantitative estimate of drug-likeness (QED) is 0.884. The molecule has 1 aromatic heterocycles. The summed E-state index contributed by atoms with van der Waals surface area (Å²) in [5.41, 5.74) is 0. The Bertz CT molecular complexity index is 434. The van der Waals surface area contributed by atoms with Crippen molar-refractivity contribution in [2.75, 3.05) is 0 Å². The van der Waals surface area contributed by atoms with Crippen LogP contribution in [0.25, 0.3) is 0 Å². The number of carbonyl (C=O) groups excluding carboxylic acids is 1. The third kappa shape index (κ3) is 2.34. The van der Waals surface area contributed by atoms with E-state index in [1.807, 2.05) is 12.1 Å². The summed E-state index contributed by atoms with van der Waals surface area (Å²) >= 11 is 7.37. The lowest BCUT2D eigenvalue weighted by Gasteiger charge is -2.19. The average molecular weight is 271 g/mol. The van der Waals surface area contributed by atoms with Gasteiger partial charge in [0.15, 0.2) is 0 Å². The molecule has 17 heavy (non-hydrogen) atoms. The number of amides is 1. The molecule has 3 heterocycles. The first kappa shape index (κ1) is 11.5. The van der Waals surface area contributed by atoms with E-state index >= 15 is 0 Å². The lowest BCUT2D eigenvalue weighted by molar-refractivity contribution is -0.125. The molecule has 1 aromatic rings. The zero-order valence-corrected chi connectivity index (χ0v) is 11.0. The topological polar surface area (TPSA) is 41.1 Å². The van der Waals surface area contributed by atoms with Gasteiger partial charge >= 0.3 is 0 Å². The third-order valence-corrected chi connectivity index (χ3v) is 4.93. The normalized spacial score (nSPS) is 30.8. The first-order valence-corrected chi connectivity index (χ1v) is 7.20. The maximum absolute atomic E-state index is 12.0. The molecule has 5 heteroatoms. The van der Waals surface area contributed by atoms with E-state index in [4.69, 9.17) is 11.6 Å². The Morgan fingerprint density at radius 1 is 1.53 bits per heavy atom. The molecule has 2 aliphatic rings. The molecule has 2 saturated heterocycles. The van der Waals surface area contributed by atoms with Crippen LogP contribution in [0.5, 0.6) is 0 Å². The maximum atomic E-state index is 12.0. The fraction of sp³-hybridized carbons (Fsp3) is 0.583. The van der Waals surface area contributed by atoms with E-state index in [9.17, 15) is 4.79 Å². The van der Waals surface area contributed by atoms with Crippen LogP contribution in [0, 0.1) is 5.92 Å². The molecule has 3 nitrogen and oxygen atoms in total. The van der Waals surface area contributed by atoms with E-state index in [-0.39, 0.29) is 11.8 Å². The van der Waals surface area contributed by atoms with Gasteiger partial charge in [0.1, 0.15) is 0 Å². The lowest BCUT2D eigenvalue weighted by atomic mass is 9.88. The summed E-state index contributed by atoms with van der Waals surface area (Å²) in [6.45, 7) is 0.601. The predicted molar refractivity (Wildman–Crippen MR) is 69.2 cm³/mol. The van der Waals surface area contributed by atoms with Crippen molar-refractivity contribution >= 4 is 28.8 Å². The van der Waals surface area contributed by atoms with Gasteiger partial charge in [-0.25, -0.2) is 0 Å². The van der Waals surface area contributed by atoms with Gasteiger partial charge in [-0.05, 0) is 31.4 Å². The molecular weight excluding hydrogens is 256 g/mol. The van der Waals surface area contributed by atoms with E-state index in [1.165, 1.54) is 17.8 Å². The highest BCUT2D eigenvalue weighted by atomic mass is 35.5. The Balaban J connectivity index is 1.54. The van der Waals surface area contributed by atoms with E-state index < -0.39 is 0 Å². The number of hydrogen-bond donors (Lipinski definition) is 2. The minimum Gasteiger partial charge on any atom is -0.351 e. The van der Waals surface area contributed by atoms with Crippen LogP contribution in [-0.2, 0) is 11.3 Å². The van der Waals surface area contributed by atoms with E-state index in [1.54, 1.807) is 0 Å². The molecule has 3 atom stereocenters. The molecule has 2 bridgehead atoms. The number of carbonyl (C=O) groups is 1. The molecule has 1 amide bonds. The van der Waals surface area contributed by atoms with Crippen LogP contribution in [0.4, 0.5) is 0 Å². The summed E-state index contributed by atoms with van der Waals surface area (Å²) in [4.78, 5) is 13.1. The predicted octanol–water partition coefficient (Wildman–Crippen LogP) is 2.16. The highest BCUT2D eigenvalue weighted by molar-refractivity contribution is 7.16. The molecule has 3 rings (SSSR count). The van der Waals surface area contributed by atoms with E-state index in [2.05, 4.69) is 10.6 Å². The van der Waals surface area contributed by atoms with Gasteiger partial charge in [0, 0.05) is 17.0 Å². The zero-order chi connectivity index (χ0) is 11.8. The van der Waals surface area contributed by atoms with Gasteiger partial charge in [-0.15, -0.1) is 11.3 Å². The standard InChI is InChI=1S/C12H15ClN2OS/c13-11-4-2-8(17-11)6-14-12(16)9-5-7-1-3-10(9)15-7/h2,4,7,9-10,15H,1,3,5-6H2,(H,14,16). The largest absolute Gasteiger partial charge is 0.351 e. The van der Waals surface area contributed by atoms with E-state index in [0.717, 1.165) is 22.1 Å². The first-order chi connectivity index (χ1) is 8.22. The number of nitrogens with one attached hydrogen (secondary N) is 2. The molecule has 2 aliphatic heterocycles. The van der Waals surface area contributed by atoms with Gasteiger partial charge < -0.3 is 10.6 Å². The maximum Gasteiger partial charge on any atom is 0.225 e. The highest BCUT2D eigenvalue weighted by Crippen LogP contribution is 2.33. The third-order valence-electron chi connectivity index (χ3n) is 3.70. The second-order valence-electron chi connectivity index (χ2n) is 4.81. The monoisotopic (exact) mass is 270 g/mol. The number of halogens is 1. The molecule has 2 N–H and O–H groups in total. The molecule has 0 radical (unpaired) electrons. The van der Waals surface area contributed by atoms with Crippen LogP contribution >= 0.6 is 22.9 Å². The molecular formula is C12H15ClN2OS. The number of rotatable bonds is 3. The van der Waals surface area contributed by atoms with Gasteiger partial charge in [0.2, 0.25) is 5.91 Å². The van der Waals surface area contributed by atoms with Gasteiger partial charge in [-0.3, -0.25) is 4.79 Å². The Labute approximate surface area is 110 Å². The van der Waals surface area contributed by atoms with Crippen LogP contribution in [0.15, 0.2) is 12.1 Å². The summed E-state index contributed by atoms with van der Waals surface area (Å²) in [5.74, 6) is 0.360. The summed E-state index contributed by atoms with van der Waals surface area (Å²) in [7, 11) is 0. The fourth-order valence-electron chi connectivity index (χ4n) is 2.87. The molecule has 0 spiro atoms. The average Bonchev–Trinajstić information content (AvgIpc) is 3.01. The number of thiophene rings is 1. The Kier molecular flexibility index (Phi) is 3.11. The van der Waals surface area contributed by atoms with Crippen LogP contribution in [0.2, 0.25) is 4.34 Å². The lowest BCUT2D eigenvalue weighted by Crippen LogP contribution is -2.37. The molecule has 0 saturated carbocycles. The fourth-order valence-corrected chi connectivity index (χ4v) is 3.89. The van der Waals surface area contributed by atoms with Crippen LogP contribution < -0.4 is 10.6 Å². The molecule has 3 unspecified atom stereocenters. The van der Waals surface area contributed by atoms with Crippen molar-refractivity contribution < 1.29 is 4.79 Å². The Morgan fingerprint density at radius 3 is 3.00 bits per heavy atom. The van der Waals surface area contributed by atoms with Gasteiger partial charge in [-0.1, -0.05) is 11.6 Å². The molecule has 92 valence electrons. The van der Waals surface area contributed by atoms with E-state index in [0.29, 0.717) is 18.6 Å². The van der Waals surface area contributed by atoms with Crippen molar-refractivity contribution in [1.82, 2.24) is 10.6 Å². The van der Waals surface area contributed by atoms with Crippen molar-refractivity contribution in [3.8, 4) is 0 Å². The zero-order valence-electron chi connectivity index (χ0n) is 9.41. The van der Waals surface area contributed by atoms with Crippen molar-refractivity contribution in [2.24, 2.45) is 5.92 Å². The summed E-state index contributed by atoms with van der Waals surface area (Å²) in [6.07, 6.45) is 3.38. The smallest absolute Gasteiger partial charge is 0.225 e. The summed E-state index contributed by atoms with van der Waals surface area (Å²) in [5, 5.41) is 6.49.